The molecule has 0 N–H and O–H groups in total. The molecule has 1 saturated carbocycles. The van der Waals surface area contributed by atoms with Gasteiger partial charge in [0.05, 0.1) is 6.61 Å². The molecule has 0 aromatic heterocycles. The van der Waals surface area contributed by atoms with Gasteiger partial charge >= 0.3 is 0 Å². The molecule has 1 aliphatic carbocycles. The predicted octanol–water partition coefficient (Wildman–Crippen LogP) is 8.48. The Hall–Kier alpha value is -2.61. The number of ether oxygens (including phenoxy) is 1. The van der Waals surface area contributed by atoms with Crippen LogP contribution in [0.1, 0.15) is 80.0 Å². The quantitative estimate of drug-likeness (QED) is 0.321. The van der Waals surface area contributed by atoms with E-state index in [2.05, 4.69) is 61.5 Å². The van der Waals surface area contributed by atoms with Crippen LogP contribution in [0.15, 0.2) is 72.8 Å². The van der Waals surface area contributed by atoms with E-state index in [0.717, 1.165) is 30.7 Å². The fourth-order valence-electron chi connectivity index (χ4n) is 5.31. The molecule has 1 nitrogen and oxygen atoms in total. The van der Waals surface area contributed by atoms with Gasteiger partial charge in [-0.05, 0) is 104 Å². The number of rotatable bonds is 9. The summed E-state index contributed by atoms with van der Waals surface area (Å²) in [4.78, 5) is 0. The van der Waals surface area contributed by atoms with Crippen LogP contribution in [-0.4, -0.2) is 6.61 Å². The molecule has 0 aliphatic heterocycles. The Balaban J connectivity index is 1.24. The Morgan fingerprint density at radius 2 is 1.58 bits per heavy atom. The van der Waals surface area contributed by atoms with Crippen molar-refractivity contribution in [2.75, 3.05) is 6.61 Å². The molecule has 1 fully saturated rings. The third-order valence-corrected chi connectivity index (χ3v) is 7.35. The van der Waals surface area contributed by atoms with Gasteiger partial charge in [-0.1, -0.05) is 67.6 Å². The van der Waals surface area contributed by atoms with Crippen LogP contribution in [0, 0.1) is 11.7 Å². The Morgan fingerprint density at radius 3 is 2.24 bits per heavy atom. The third kappa shape index (κ3) is 6.47. The van der Waals surface area contributed by atoms with E-state index in [0.29, 0.717) is 24.2 Å². The van der Waals surface area contributed by atoms with Gasteiger partial charge in [0.1, 0.15) is 0 Å². The molecule has 0 unspecified atom stereocenters. The molecule has 174 valence electrons. The fraction of sp³-hybridized carbons (Fsp3) is 0.419. The van der Waals surface area contributed by atoms with Crippen molar-refractivity contribution in [2.24, 2.45) is 5.92 Å². The Morgan fingerprint density at radius 1 is 0.879 bits per heavy atom. The summed E-state index contributed by atoms with van der Waals surface area (Å²) >= 11 is 0. The summed E-state index contributed by atoms with van der Waals surface area (Å²) < 4.78 is 19.4. The summed E-state index contributed by atoms with van der Waals surface area (Å²) in [7, 11) is 0. The van der Waals surface area contributed by atoms with Crippen molar-refractivity contribution in [3.8, 4) is 5.75 Å². The minimum atomic E-state index is -0.236. The molecule has 0 saturated heterocycles. The molecular weight excluding hydrogens is 407 g/mol. The van der Waals surface area contributed by atoms with E-state index < -0.39 is 0 Å². The third-order valence-electron chi connectivity index (χ3n) is 7.35. The first-order chi connectivity index (χ1) is 16.1. The molecular formula is C31H37FO. The van der Waals surface area contributed by atoms with Crippen LogP contribution < -0.4 is 4.74 Å². The molecule has 0 amide bonds. The number of halogens is 1. The SMILES string of the molecule is CCOc1ccc(CCC2CCC(c3ccc(C[C@H](C)c4ccccc4)cc3)CC2)cc1F. The molecule has 3 aromatic rings. The maximum absolute atomic E-state index is 14.1. The molecule has 0 spiro atoms. The van der Waals surface area contributed by atoms with Gasteiger partial charge in [-0.2, -0.15) is 0 Å². The van der Waals surface area contributed by atoms with Crippen molar-refractivity contribution in [1.29, 1.82) is 0 Å². The predicted molar refractivity (Wildman–Crippen MR) is 136 cm³/mol. The Bertz CT molecular complexity index is 987. The molecule has 1 atom stereocenters. The first-order valence-electron chi connectivity index (χ1n) is 12.7. The molecule has 3 aromatic carbocycles. The van der Waals surface area contributed by atoms with E-state index in [4.69, 9.17) is 4.74 Å². The van der Waals surface area contributed by atoms with Crippen molar-refractivity contribution in [3.05, 3.63) is 101 Å². The standard InChI is InChI=1S/C31H37FO/c1-3-33-31-20-15-26(22-30(31)32)10-9-24-11-16-28(17-12-24)29-18-13-25(14-19-29)21-23(2)27-7-5-4-6-8-27/h4-8,13-15,18-20,22-24,28H,3,9-12,16-17,21H2,1-2H3/t23-,24?,28?/m0/s1. The number of aryl methyl sites for hydroxylation is 1. The van der Waals surface area contributed by atoms with Crippen LogP contribution in [0.3, 0.4) is 0 Å². The summed E-state index contributed by atoms with van der Waals surface area (Å²) in [6.45, 7) is 4.69. The van der Waals surface area contributed by atoms with Gasteiger partial charge in [0.15, 0.2) is 11.6 Å². The maximum Gasteiger partial charge on any atom is 0.165 e. The summed E-state index contributed by atoms with van der Waals surface area (Å²) in [6, 6.07) is 25.6. The van der Waals surface area contributed by atoms with Crippen molar-refractivity contribution >= 4 is 0 Å². The average molecular weight is 445 g/mol. The minimum absolute atomic E-state index is 0.236. The van der Waals surface area contributed by atoms with Crippen molar-refractivity contribution in [3.63, 3.8) is 0 Å². The maximum atomic E-state index is 14.1. The van der Waals surface area contributed by atoms with E-state index >= 15 is 0 Å². The summed E-state index contributed by atoms with van der Waals surface area (Å²) in [6.07, 6.45) is 8.27. The van der Waals surface area contributed by atoms with Gasteiger partial charge in [0.25, 0.3) is 0 Å². The van der Waals surface area contributed by atoms with Crippen molar-refractivity contribution in [1.82, 2.24) is 0 Å². The topological polar surface area (TPSA) is 9.23 Å². The second-order valence-corrected chi connectivity index (χ2v) is 9.71. The fourth-order valence-corrected chi connectivity index (χ4v) is 5.31. The van der Waals surface area contributed by atoms with Crippen molar-refractivity contribution < 1.29 is 9.13 Å². The lowest BCUT2D eigenvalue weighted by molar-refractivity contribution is 0.309. The van der Waals surface area contributed by atoms with E-state index in [9.17, 15) is 4.39 Å². The highest BCUT2D eigenvalue weighted by Crippen LogP contribution is 2.38. The second kappa shape index (κ2) is 11.5. The molecule has 2 heteroatoms. The van der Waals surface area contributed by atoms with Gasteiger partial charge in [-0.3, -0.25) is 0 Å². The van der Waals surface area contributed by atoms with Crippen LogP contribution in [0.2, 0.25) is 0 Å². The normalized spacial score (nSPS) is 19.2. The van der Waals surface area contributed by atoms with Crippen LogP contribution in [-0.2, 0) is 12.8 Å². The lowest BCUT2D eigenvalue weighted by Gasteiger charge is -2.29. The van der Waals surface area contributed by atoms with Gasteiger partial charge < -0.3 is 4.74 Å². The summed E-state index contributed by atoms with van der Waals surface area (Å²) in [5.74, 6) is 2.10. The van der Waals surface area contributed by atoms with Gasteiger partial charge in [-0.15, -0.1) is 0 Å². The average Bonchev–Trinajstić information content (AvgIpc) is 2.86. The first kappa shape index (κ1) is 23.5. The molecule has 1 aliphatic rings. The van der Waals surface area contributed by atoms with E-state index in [-0.39, 0.29) is 5.82 Å². The Labute approximate surface area is 199 Å². The zero-order valence-electron chi connectivity index (χ0n) is 20.1. The molecule has 4 rings (SSSR count). The smallest absolute Gasteiger partial charge is 0.165 e. The van der Waals surface area contributed by atoms with Crippen LogP contribution in [0.4, 0.5) is 4.39 Å². The van der Waals surface area contributed by atoms with Gasteiger partial charge in [-0.25, -0.2) is 4.39 Å². The summed E-state index contributed by atoms with van der Waals surface area (Å²) in [5, 5.41) is 0. The van der Waals surface area contributed by atoms with Gasteiger partial charge in [0.2, 0.25) is 0 Å². The number of benzene rings is 3. The first-order valence-corrected chi connectivity index (χ1v) is 12.7. The lowest BCUT2D eigenvalue weighted by atomic mass is 9.76. The molecule has 0 heterocycles. The molecule has 0 radical (unpaired) electrons. The van der Waals surface area contributed by atoms with Gasteiger partial charge in [0, 0.05) is 0 Å². The minimum Gasteiger partial charge on any atom is -0.491 e. The lowest BCUT2D eigenvalue weighted by Crippen LogP contribution is -2.14. The number of hydrogen-bond acceptors (Lipinski definition) is 1. The van der Waals surface area contributed by atoms with Crippen LogP contribution >= 0.6 is 0 Å². The molecule has 33 heavy (non-hydrogen) atoms. The van der Waals surface area contributed by atoms with E-state index in [1.807, 2.05) is 13.0 Å². The monoisotopic (exact) mass is 444 g/mol. The number of hydrogen-bond donors (Lipinski definition) is 0. The largest absolute Gasteiger partial charge is 0.491 e. The zero-order chi connectivity index (χ0) is 23.0. The zero-order valence-corrected chi connectivity index (χ0v) is 20.1. The van der Waals surface area contributed by atoms with Crippen LogP contribution in [0.25, 0.3) is 0 Å². The van der Waals surface area contributed by atoms with E-state index in [1.165, 1.54) is 42.4 Å². The van der Waals surface area contributed by atoms with Crippen molar-refractivity contribution in [2.45, 2.75) is 70.6 Å². The van der Waals surface area contributed by atoms with Crippen LogP contribution in [0.5, 0.6) is 5.75 Å². The highest BCUT2D eigenvalue weighted by molar-refractivity contribution is 5.30. The summed E-state index contributed by atoms with van der Waals surface area (Å²) in [5.41, 5.74) is 5.41. The highest BCUT2D eigenvalue weighted by atomic mass is 19.1. The molecule has 0 bridgehead atoms. The second-order valence-electron chi connectivity index (χ2n) is 9.71. The Kier molecular flexibility index (Phi) is 8.20. The highest BCUT2D eigenvalue weighted by Gasteiger charge is 2.22. The van der Waals surface area contributed by atoms with E-state index in [1.54, 1.807) is 12.1 Å².